The number of benzene rings is 1. The molecule has 0 aliphatic carbocycles. The molecule has 23 heavy (non-hydrogen) atoms. The minimum atomic E-state index is -3.91. The average molecular weight is 336 g/mol. The van der Waals surface area contributed by atoms with E-state index in [9.17, 15) is 18.3 Å². The van der Waals surface area contributed by atoms with Gasteiger partial charge in [-0.2, -0.15) is 0 Å². The van der Waals surface area contributed by atoms with Gasteiger partial charge in [0.2, 0.25) is 15.7 Å². The highest BCUT2D eigenvalue weighted by atomic mass is 32.2. The van der Waals surface area contributed by atoms with Gasteiger partial charge in [0.15, 0.2) is 5.56 Å². The number of pyridine rings is 1. The maximum Gasteiger partial charge on any atom is 0.354 e. The molecule has 2 aromatic rings. The van der Waals surface area contributed by atoms with E-state index >= 15 is 0 Å². The second-order valence-corrected chi connectivity index (χ2v) is 6.74. The summed E-state index contributed by atoms with van der Waals surface area (Å²) >= 11 is 0. The van der Waals surface area contributed by atoms with Crippen LogP contribution in [-0.2, 0) is 9.84 Å². The maximum absolute atomic E-state index is 12.8. The van der Waals surface area contributed by atoms with Crippen LogP contribution in [0.1, 0.15) is 10.4 Å². The molecule has 0 radical (unpaired) electrons. The number of primary amides is 1. The summed E-state index contributed by atoms with van der Waals surface area (Å²) in [4.78, 5) is 15.9. The van der Waals surface area contributed by atoms with Gasteiger partial charge in [0.05, 0.1) is 23.9 Å². The molecule has 1 aromatic carbocycles. The van der Waals surface area contributed by atoms with E-state index in [-0.39, 0.29) is 26.9 Å². The highest BCUT2D eigenvalue weighted by Crippen LogP contribution is 2.34. The number of fused-ring (bicyclic) bond motifs is 1. The molecule has 1 aromatic heterocycles. The average Bonchev–Trinajstić information content (AvgIpc) is 2.54. The van der Waals surface area contributed by atoms with E-state index in [1.165, 1.54) is 19.2 Å². The monoisotopic (exact) mass is 336 g/mol. The predicted octanol–water partition coefficient (Wildman–Crippen LogP) is -0.672. The van der Waals surface area contributed by atoms with Gasteiger partial charge in [0, 0.05) is 0 Å². The highest BCUT2D eigenvalue weighted by Gasteiger charge is 2.36. The number of aromatic nitrogens is 1. The summed E-state index contributed by atoms with van der Waals surface area (Å²) in [6, 6.07) is 7.77. The van der Waals surface area contributed by atoms with Crippen LogP contribution in [0.5, 0.6) is 5.88 Å². The molecule has 0 saturated heterocycles. The number of nitrogens with zero attached hydrogens (tertiary/aromatic N) is 1. The smallest absolute Gasteiger partial charge is 0.354 e. The summed E-state index contributed by atoms with van der Waals surface area (Å²) < 4.78 is 30.6. The molecule has 1 atom stereocenters. The number of aliphatic hydroxyl groups excluding tert-OH is 1. The molecular weight excluding hydrogens is 322 g/mol. The van der Waals surface area contributed by atoms with Crippen molar-refractivity contribution in [1.82, 2.24) is 4.98 Å². The molecule has 1 amide bonds. The summed E-state index contributed by atoms with van der Waals surface area (Å²) in [6.07, 6.45) is -0.176. The number of hydrogen-bond acceptors (Lipinski definition) is 7. The van der Waals surface area contributed by atoms with Gasteiger partial charge in [-0.15, -0.1) is 0 Å². The minimum absolute atomic E-state index is 0.00679. The third-order valence-corrected chi connectivity index (χ3v) is 5.17. The Kier molecular flexibility index (Phi) is 3.76. The van der Waals surface area contributed by atoms with E-state index in [0.717, 1.165) is 11.5 Å². The number of nitrogens with one attached hydrogen (secondary N) is 1. The number of ether oxygens (including phenoxy) is 1. The number of anilines is 1. The number of nitrogens with two attached hydrogens (primary N) is 1. The number of aliphatic hydroxyl groups is 1. The van der Waals surface area contributed by atoms with Crippen molar-refractivity contribution < 1.29 is 28.4 Å². The number of carbonyl (C=O) groups is 1. The molecule has 0 bridgehead atoms. The summed E-state index contributed by atoms with van der Waals surface area (Å²) in [7, 11) is -2.58. The number of carbonyl (C=O) groups excluding carboxylic acids is 1. The van der Waals surface area contributed by atoms with Crippen molar-refractivity contribution in [1.29, 1.82) is 0 Å². The van der Waals surface area contributed by atoms with Gasteiger partial charge in [-0.25, -0.2) is 23.5 Å². The zero-order valence-electron chi connectivity index (χ0n) is 12.1. The lowest BCUT2D eigenvalue weighted by Crippen LogP contribution is -2.96. The van der Waals surface area contributed by atoms with Crippen molar-refractivity contribution in [3.63, 3.8) is 0 Å². The molecule has 1 unspecified atom stereocenters. The maximum atomic E-state index is 12.8. The van der Waals surface area contributed by atoms with E-state index in [1.54, 1.807) is 18.2 Å². The number of hydrogen-bond donors (Lipinski definition) is 3. The fraction of sp³-hybridized carbons (Fsp3) is 0.143. The summed E-state index contributed by atoms with van der Waals surface area (Å²) in [5, 5.41) is 13.3. The van der Waals surface area contributed by atoms with Crippen molar-refractivity contribution in [3.8, 4) is 5.88 Å². The van der Waals surface area contributed by atoms with Crippen LogP contribution in [0.25, 0.3) is 0 Å². The molecule has 120 valence electrons. The van der Waals surface area contributed by atoms with E-state index in [2.05, 4.69) is 10.3 Å². The first-order valence-corrected chi connectivity index (χ1v) is 8.14. The van der Waals surface area contributed by atoms with E-state index in [1.807, 2.05) is 0 Å². The van der Waals surface area contributed by atoms with Gasteiger partial charge in [-0.05, 0) is 12.1 Å². The lowest BCUT2D eigenvalue weighted by Gasteiger charge is -2.22. The minimum Gasteiger partial charge on any atom is -0.480 e. The second-order valence-electron chi connectivity index (χ2n) is 4.82. The molecule has 9 heteroatoms. The number of sulfone groups is 1. The molecule has 0 saturated carbocycles. The topological polar surface area (TPSA) is 122 Å². The fourth-order valence-electron chi connectivity index (χ4n) is 2.35. The third-order valence-electron chi connectivity index (χ3n) is 3.39. The lowest BCUT2D eigenvalue weighted by atomic mass is 10.2. The SMILES string of the molecule is COc1ncc(S(=O)(=O)c2ccccc2)c2c1C(=O)[NH2+]C(O)N2. The van der Waals surface area contributed by atoms with Crippen molar-refractivity contribution in [2.45, 2.75) is 16.1 Å². The Hall–Kier alpha value is -2.49. The lowest BCUT2D eigenvalue weighted by molar-refractivity contribution is -0.630. The molecule has 1 aliphatic rings. The van der Waals surface area contributed by atoms with Gasteiger partial charge < -0.3 is 15.2 Å². The Balaban J connectivity index is 2.26. The van der Waals surface area contributed by atoms with Crippen molar-refractivity contribution >= 4 is 21.4 Å². The van der Waals surface area contributed by atoms with Crippen LogP contribution < -0.4 is 15.4 Å². The van der Waals surface area contributed by atoms with Crippen molar-refractivity contribution in [3.05, 3.63) is 42.1 Å². The molecular formula is C14H14N3O5S+. The summed E-state index contributed by atoms with van der Waals surface area (Å²) in [6.45, 7) is 0. The third kappa shape index (κ3) is 2.54. The van der Waals surface area contributed by atoms with E-state index in [0.29, 0.717) is 0 Å². The molecule has 1 aliphatic heterocycles. The van der Waals surface area contributed by atoms with Crippen molar-refractivity contribution in [2.24, 2.45) is 0 Å². The van der Waals surface area contributed by atoms with Crippen LogP contribution in [0.2, 0.25) is 0 Å². The number of amides is 1. The quantitative estimate of drug-likeness (QED) is 0.679. The molecule has 8 nitrogen and oxygen atoms in total. The van der Waals surface area contributed by atoms with Crippen molar-refractivity contribution in [2.75, 3.05) is 12.4 Å². The van der Waals surface area contributed by atoms with E-state index in [4.69, 9.17) is 4.74 Å². The van der Waals surface area contributed by atoms with E-state index < -0.39 is 22.1 Å². The van der Waals surface area contributed by atoms with Gasteiger partial charge in [-0.1, -0.05) is 18.2 Å². The summed E-state index contributed by atoms with van der Waals surface area (Å²) in [5.74, 6) is -0.562. The molecule has 4 N–H and O–H groups in total. The second kappa shape index (κ2) is 5.61. The zero-order valence-corrected chi connectivity index (χ0v) is 12.9. The van der Waals surface area contributed by atoms with Crippen LogP contribution in [0.4, 0.5) is 5.69 Å². The number of rotatable bonds is 3. The van der Waals surface area contributed by atoms with Gasteiger partial charge in [-0.3, -0.25) is 0 Å². The van der Waals surface area contributed by atoms with Crippen LogP contribution >= 0.6 is 0 Å². The standard InChI is InChI=1S/C14H13N3O5S/c1-22-13-10-11(16-14(19)17-12(10)18)9(7-15-13)23(20,21)8-5-3-2-4-6-8/h2-7,14,16,19H,1H3,(H,17,18)/p+1. The first-order chi connectivity index (χ1) is 10.9. The molecule has 0 fully saturated rings. The van der Waals surface area contributed by atoms with Gasteiger partial charge >= 0.3 is 5.91 Å². The summed E-state index contributed by atoms with van der Waals surface area (Å²) in [5.41, 5.74) is -0.0319. The largest absolute Gasteiger partial charge is 0.480 e. The zero-order chi connectivity index (χ0) is 16.6. The highest BCUT2D eigenvalue weighted by molar-refractivity contribution is 7.91. The molecule has 3 rings (SSSR count). The Bertz CT molecular complexity index is 867. The first kappa shape index (κ1) is 15.4. The predicted molar refractivity (Wildman–Crippen MR) is 78.6 cm³/mol. The first-order valence-electron chi connectivity index (χ1n) is 6.66. The Morgan fingerprint density at radius 3 is 2.65 bits per heavy atom. The number of quaternary nitrogens is 1. The molecule has 2 heterocycles. The van der Waals surface area contributed by atoms with Gasteiger partial charge in [0.25, 0.3) is 6.35 Å². The van der Waals surface area contributed by atoms with Crippen LogP contribution in [0, 0.1) is 0 Å². The van der Waals surface area contributed by atoms with Gasteiger partial charge in [0.1, 0.15) is 4.90 Å². The van der Waals surface area contributed by atoms with Crippen LogP contribution in [-0.4, -0.2) is 37.9 Å². The Morgan fingerprint density at radius 2 is 2.00 bits per heavy atom. The number of methoxy groups -OCH3 is 1. The Morgan fingerprint density at radius 1 is 1.30 bits per heavy atom. The normalized spacial score (nSPS) is 17.3. The van der Waals surface area contributed by atoms with Crippen LogP contribution in [0.3, 0.4) is 0 Å². The fourth-order valence-corrected chi connectivity index (χ4v) is 3.74. The molecule has 0 spiro atoms. The Labute approximate surface area is 132 Å². The van der Waals surface area contributed by atoms with Crippen LogP contribution in [0.15, 0.2) is 46.3 Å².